The van der Waals surface area contributed by atoms with Crippen molar-refractivity contribution in [2.24, 2.45) is 0 Å². The third-order valence-corrected chi connectivity index (χ3v) is 9.27. The first-order valence-corrected chi connectivity index (χ1v) is 17.9. The van der Waals surface area contributed by atoms with Crippen LogP contribution in [0.2, 0.25) is 0 Å². The number of carbonyl (C=O) groups is 1. The molecule has 4 rings (SSSR count). The Morgan fingerprint density at radius 2 is 1.48 bits per heavy atom. The molecule has 0 heterocycles. The normalized spacial score (nSPS) is 12.7. The van der Waals surface area contributed by atoms with Crippen molar-refractivity contribution >= 4 is 12.1 Å². The lowest BCUT2D eigenvalue weighted by Gasteiger charge is -2.32. The zero-order valence-electron chi connectivity index (χ0n) is 30.0. The number of phenols is 2. The van der Waals surface area contributed by atoms with E-state index in [9.17, 15) is 20.1 Å². The molecule has 0 fully saturated rings. The van der Waals surface area contributed by atoms with Crippen LogP contribution in [0, 0.1) is 0 Å². The molecule has 2 atom stereocenters. The number of nitrogens with zero attached hydrogens (tertiary/aromatic N) is 1. The van der Waals surface area contributed by atoms with Crippen molar-refractivity contribution in [3.8, 4) is 17.2 Å². The summed E-state index contributed by atoms with van der Waals surface area (Å²) in [5.41, 5.74) is 5.51. The average Bonchev–Trinajstić information content (AvgIpc) is 3.11. The molecule has 2 unspecified atom stereocenters. The second-order valence-electron chi connectivity index (χ2n) is 13.5. The lowest BCUT2D eigenvalue weighted by atomic mass is 9.86. The number of ether oxygens (including phenoxy) is 1. The molecule has 0 spiro atoms. The maximum absolute atomic E-state index is 11.0. The minimum atomic E-state index is -0.767. The van der Waals surface area contributed by atoms with E-state index in [2.05, 4.69) is 85.7 Å². The van der Waals surface area contributed by atoms with Crippen LogP contribution >= 0.6 is 0 Å². The van der Waals surface area contributed by atoms with Crippen molar-refractivity contribution in [2.45, 2.75) is 83.9 Å². The molecular formula is C42H55N3O5. The topological polar surface area (TPSA) is 114 Å². The lowest BCUT2D eigenvalue weighted by Crippen LogP contribution is -2.38. The largest absolute Gasteiger partial charge is 0.508 e. The van der Waals surface area contributed by atoms with Gasteiger partial charge < -0.3 is 30.7 Å². The SMILES string of the molecule is CC(C)N(CCC(c1ccccc1)c1cc(CCCCOc2ccc(CCNCC(O)c3ccc(O)c(NC=O)c3)cc2)ccc1O)C(C)C. The highest BCUT2D eigenvalue weighted by molar-refractivity contribution is 5.75. The molecule has 0 saturated heterocycles. The number of benzene rings is 4. The van der Waals surface area contributed by atoms with E-state index < -0.39 is 6.10 Å². The van der Waals surface area contributed by atoms with Gasteiger partial charge in [0.2, 0.25) is 6.41 Å². The summed E-state index contributed by atoms with van der Waals surface area (Å²) in [5.74, 6) is 1.28. The molecule has 8 heteroatoms. The van der Waals surface area contributed by atoms with Gasteiger partial charge in [0.25, 0.3) is 0 Å². The number of phenolic OH excluding ortho intramolecular Hbond substituents is 2. The molecule has 1 amide bonds. The van der Waals surface area contributed by atoms with Gasteiger partial charge in [0.1, 0.15) is 17.2 Å². The van der Waals surface area contributed by atoms with Crippen LogP contribution in [0.4, 0.5) is 5.69 Å². The van der Waals surface area contributed by atoms with Crippen LogP contribution in [0.25, 0.3) is 0 Å². The third-order valence-electron chi connectivity index (χ3n) is 9.27. The average molecular weight is 682 g/mol. The van der Waals surface area contributed by atoms with Crippen LogP contribution in [0.3, 0.4) is 0 Å². The summed E-state index contributed by atoms with van der Waals surface area (Å²) in [6.07, 6.45) is 4.30. The second kappa shape index (κ2) is 19.7. The monoisotopic (exact) mass is 681 g/mol. The predicted molar refractivity (Wildman–Crippen MR) is 202 cm³/mol. The van der Waals surface area contributed by atoms with Crippen molar-refractivity contribution < 1.29 is 24.9 Å². The first-order valence-electron chi connectivity index (χ1n) is 17.9. The van der Waals surface area contributed by atoms with E-state index in [0.29, 0.717) is 49.5 Å². The number of aliphatic hydroxyl groups is 1. The second-order valence-corrected chi connectivity index (χ2v) is 13.5. The first kappa shape index (κ1) is 38.4. The Morgan fingerprint density at radius 1 is 0.780 bits per heavy atom. The molecule has 0 saturated carbocycles. The number of hydrogen-bond acceptors (Lipinski definition) is 7. The zero-order chi connectivity index (χ0) is 35.9. The fourth-order valence-corrected chi connectivity index (χ4v) is 6.52. The van der Waals surface area contributed by atoms with E-state index in [1.807, 2.05) is 30.3 Å². The molecule has 8 nitrogen and oxygen atoms in total. The minimum absolute atomic E-state index is 0.0460. The number of hydrogen-bond donors (Lipinski definition) is 5. The van der Waals surface area contributed by atoms with Gasteiger partial charge in [-0.1, -0.05) is 60.7 Å². The molecule has 0 bridgehead atoms. The maximum atomic E-state index is 11.0. The summed E-state index contributed by atoms with van der Waals surface area (Å²) in [6, 6.07) is 30.4. The summed E-state index contributed by atoms with van der Waals surface area (Å²) in [6.45, 7) is 11.6. The Kier molecular flexibility index (Phi) is 15.2. The van der Waals surface area contributed by atoms with Crippen LogP contribution in [0.1, 0.15) is 86.8 Å². The Hall–Kier alpha value is -4.37. The number of rotatable bonds is 21. The third kappa shape index (κ3) is 11.6. The molecular weight excluding hydrogens is 626 g/mol. The molecule has 268 valence electrons. The lowest BCUT2D eigenvalue weighted by molar-refractivity contribution is -0.105. The van der Waals surface area contributed by atoms with Gasteiger partial charge in [0, 0.05) is 30.1 Å². The Labute approximate surface area is 298 Å². The number of aryl methyl sites for hydroxylation is 1. The number of anilines is 1. The van der Waals surface area contributed by atoms with Gasteiger partial charge in [-0.25, -0.2) is 0 Å². The van der Waals surface area contributed by atoms with Gasteiger partial charge in [-0.3, -0.25) is 9.69 Å². The molecule has 4 aromatic carbocycles. The molecule has 0 radical (unpaired) electrons. The number of aliphatic hydroxyl groups excluding tert-OH is 1. The number of unbranched alkanes of at least 4 members (excludes halogenated alkanes) is 1. The Morgan fingerprint density at radius 3 is 2.18 bits per heavy atom. The summed E-state index contributed by atoms with van der Waals surface area (Å²) in [5, 5.41) is 37.0. The van der Waals surface area contributed by atoms with Gasteiger partial charge in [-0.2, -0.15) is 0 Å². The first-order chi connectivity index (χ1) is 24.2. The summed E-state index contributed by atoms with van der Waals surface area (Å²) in [7, 11) is 0. The quantitative estimate of drug-likeness (QED) is 0.0350. The van der Waals surface area contributed by atoms with Crippen LogP contribution in [-0.2, 0) is 17.6 Å². The van der Waals surface area contributed by atoms with E-state index in [1.54, 1.807) is 12.1 Å². The number of amides is 1. The van der Waals surface area contributed by atoms with Gasteiger partial charge >= 0.3 is 0 Å². The molecule has 4 aromatic rings. The van der Waals surface area contributed by atoms with Crippen LogP contribution < -0.4 is 15.4 Å². The van der Waals surface area contributed by atoms with Crippen LogP contribution in [-0.4, -0.2) is 65.0 Å². The Bertz CT molecular complexity index is 1590. The van der Waals surface area contributed by atoms with E-state index in [-0.39, 0.29) is 17.4 Å². The maximum Gasteiger partial charge on any atom is 0.211 e. The predicted octanol–water partition coefficient (Wildman–Crippen LogP) is 7.57. The smallest absolute Gasteiger partial charge is 0.211 e. The highest BCUT2D eigenvalue weighted by Crippen LogP contribution is 2.35. The van der Waals surface area contributed by atoms with E-state index in [1.165, 1.54) is 22.8 Å². The zero-order valence-corrected chi connectivity index (χ0v) is 30.0. The summed E-state index contributed by atoms with van der Waals surface area (Å²) in [4.78, 5) is 13.2. The van der Waals surface area contributed by atoms with Crippen LogP contribution in [0.15, 0.2) is 91.0 Å². The standard InChI is InChI=1S/C42H55N3O5/c1-30(2)45(31(3)4)24-22-37(34-11-6-5-7-12-34)38-26-33(15-19-40(38)47)10-8-9-25-50-36-17-13-32(14-18-36)21-23-43-28-42(49)35-16-20-41(48)39(27-35)44-29-46/h5-7,11-20,26-27,29-31,37,42-43,47-49H,8-10,21-25,28H2,1-4H3,(H,44,46). The number of carbonyl (C=O) groups excluding carboxylic acids is 1. The fraction of sp³-hybridized carbons (Fsp3) is 0.405. The number of aromatic hydroxyl groups is 2. The highest BCUT2D eigenvalue weighted by atomic mass is 16.5. The molecule has 0 aliphatic carbocycles. The highest BCUT2D eigenvalue weighted by Gasteiger charge is 2.22. The van der Waals surface area contributed by atoms with Crippen molar-refractivity contribution in [3.63, 3.8) is 0 Å². The fourth-order valence-electron chi connectivity index (χ4n) is 6.52. The van der Waals surface area contributed by atoms with Crippen LogP contribution in [0.5, 0.6) is 17.2 Å². The van der Waals surface area contributed by atoms with Gasteiger partial charge in [0.15, 0.2) is 0 Å². The van der Waals surface area contributed by atoms with Crippen molar-refractivity contribution in [2.75, 3.05) is 31.6 Å². The van der Waals surface area contributed by atoms with E-state index in [0.717, 1.165) is 50.0 Å². The summed E-state index contributed by atoms with van der Waals surface area (Å²) >= 11 is 0. The number of nitrogens with one attached hydrogen (secondary N) is 2. The van der Waals surface area contributed by atoms with Crippen molar-refractivity contribution in [1.82, 2.24) is 10.2 Å². The van der Waals surface area contributed by atoms with Crippen molar-refractivity contribution in [1.29, 1.82) is 0 Å². The molecule has 5 N–H and O–H groups in total. The van der Waals surface area contributed by atoms with E-state index >= 15 is 0 Å². The Balaban J connectivity index is 1.21. The minimum Gasteiger partial charge on any atom is -0.508 e. The van der Waals surface area contributed by atoms with Crippen molar-refractivity contribution in [3.05, 3.63) is 119 Å². The molecule has 0 aliphatic heterocycles. The van der Waals surface area contributed by atoms with Gasteiger partial charge in [-0.05, 0) is 125 Å². The van der Waals surface area contributed by atoms with Gasteiger partial charge in [0.05, 0.1) is 18.4 Å². The molecule has 50 heavy (non-hydrogen) atoms. The van der Waals surface area contributed by atoms with Gasteiger partial charge in [-0.15, -0.1) is 0 Å². The molecule has 0 aromatic heterocycles. The van der Waals surface area contributed by atoms with E-state index in [4.69, 9.17) is 4.74 Å². The molecule has 0 aliphatic rings. The summed E-state index contributed by atoms with van der Waals surface area (Å²) < 4.78 is 6.03.